The summed E-state index contributed by atoms with van der Waals surface area (Å²) in [6, 6.07) is 7.65. The van der Waals surface area contributed by atoms with Gasteiger partial charge in [-0.15, -0.1) is 35.3 Å². The molecule has 0 unspecified atom stereocenters. The van der Waals surface area contributed by atoms with E-state index in [0.717, 1.165) is 28.6 Å². The molecule has 2 rings (SSSR count). The molecule has 148 valence electrons. The molecule has 6 nitrogen and oxygen atoms in total. The second-order valence-electron chi connectivity index (χ2n) is 6.07. The molecule has 1 aromatic heterocycles. The van der Waals surface area contributed by atoms with Gasteiger partial charge in [-0.1, -0.05) is 19.1 Å². The standard InChI is InChI=1S/C19H27N5OS.HI/c1-5-9-21-18(25)16-8-6-7-15(10-16)11-22-19(20-3)24(4)12-17-13-26-14(2)23-17;/h6-8,10,13H,5,9,11-12H2,1-4H3,(H,20,22)(H,21,25);1H. The Bertz CT molecular complexity index is 762. The van der Waals surface area contributed by atoms with Gasteiger partial charge in [0.15, 0.2) is 5.96 Å². The number of guanidine groups is 1. The molecule has 0 saturated carbocycles. The SMILES string of the molecule is CCCNC(=O)c1cccc(CNC(=NC)N(C)Cc2csc(C)n2)c1.I. The van der Waals surface area contributed by atoms with E-state index in [9.17, 15) is 4.79 Å². The minimum atomic E-state index is -0.0332. The lowest BCUT2D eigenvalue weighted by Gasteiger charge is -2.21. The fraction of sp³-hybridized carbons (Fsp3) is 0.421. The number of rotatable bonds is 7. The molecule has 1 heterocycles. The zero-order valence-corrected chi connectivity index (χ0v) is 19.4. The van der Waals surface area contributed by atoms with E-state index < -0.39 is 0 Å². The van der Waals surface area contributed by atoms with Crippen molar-refractivity contribution >= 4 is 47.2 Å². The number of halogens is 1. The predicted molar refractivity (Wildman–Crippen MR) is 123 cm³/mol. The van der Waals surface area contributed by atoms with Gasteiger partial charge in [0.1, 0.15) is 0 Å². The van der Waals surface area contributed by atoms with Crippen molar-refractivity contribution < 1.29 is 4.79 Å². The highest BCUT2D eigenvalue weighted by Gasteiger charge is 2.10. The van der Waals surface area contributed by atoms with E-state index >= 15 is 0 Å². The number of benzene rings is 1. The molecule has 2 N–H and O–H groups in total. The quantitative estimate of drug-likeness (QED) is 0.347. The molecule has 0 atom stereocenters. The van der Waals surface area contributed by atoms with E-state index in [2.05, 4.69) is 26.0 Å². The van der Waals surface area contributed by atoms with Gasteiger partial charge in [0.25, 0.3) is 5.91 Å². The van der Waals surface area contributed by atoms with Crippen molar-refractivity contribution in [2.75, 3.05) is 20.6 Å². The van der Waals surface area contributed by atoms with Crippen molar-refractivity contribution in [2.45, 2.75) is 33.4 Å². The molecular formula is C19H28IN5OS. The van der Waals surface area contributed by atoms with Gasteiger partial charge in [-0.2, -0.15) is 0 Å². The van der Waals surface area contributed by atoms with Gasteiger partial charge in [-0.05, 0) is 31.0 Å². The molecule has 0 aliphatic rings. The fourth-order valence-corrected chi connectivity index (χ4v) is 3.13. The third-order valence-corrected chi connectivity index (χ3v) is 4.64. The number of aromatic nitrogens is 1. The fourth-order valence-electron chi connectivity index (χ4n) is 2.53. The molecule has 8 heteroatoms. The molecule has 1 amide bonds. The van der Waals surface area contributed by atoms with Crippen LogP contribution in [0, 0.1) is 6.92 Å². The molecular weight excluding hydrogens is 473 g/mol. The number of aliphatic imine (C=N–C) groups is 1. The highest BCUT2D eigenvalue weighted by atomic mass is 127. The highest BCUT2D eigenvalue weighted by molar-refractivity contribution is 14.0. The lowest BCUT2D eigenvalue weighted by Crippen LogP contribution is -2.38. The minimum Gasteiger partial charge on any atom is -0.352 e. The molecule has 1 aromatic carbocycles. The number of thiazole rings is 1. The molecule has 0 spiro atoms. The molecule has 0 bridgehead atoms. The maximum absolute atomic E-state index is 12.1. The third-order valence-electron chi connectivity index (χ3n) is 3.81. The number of carbonyl (C=O) groups excluding carboxylic acids is 1. The van der Waals surface area contributed by atoms with Crippen molar-refractivity contribution in [2.24, 2.45) is 4.99 Å². The second-order valence-corrected chi connectivity index (χ2v) is 7.13. The molecule has 0 aliphatic carbocycles. The molecule has 0 radical (unpaired) electrons. The second kappa shape index (κ2) is 11.9. The van der Waals surface area contributed by atoms with Crippen molar-refractivity contribution in [3.8, 4) is 0 Å². The lowest BCUT2D eigenvalue weighted by molar-refractivity contribution is 0.0953. The van der Waals surface area contributed by atoms with Crippen LogP contribution in [0.25, 0.3) is 0 Å². The van der Waals surface area contributed by atoms with Gasteiger partial charge >= 0.3 is 0 Å². The monoisotopic (exact) mass is 501 g/mol. The van der Waals surface area contributed by atoms with Crippen molar-refractivity contribution in [3.63, 3.8) is 0 Å². The molecule has 0 saturated heterocycles. The number of hydrogen-bond acceptors (Lipinski definition) is 4. The first-order valence-corrected chi connectivity index (χ1v) is 9.61. The van der Waals surface area contributed by atoms with Gasteiger partial charge < -0.3 is 15.5 Å². The van der Waals surface area contributed by atoms with Crippen molar-refractivity contribution in [3.05, 3.63) is 51.5 Å². The van der Waals surface area contributed by atoms with Gasteiger partial charge in [-0.25, -0.2) is 4.98 Å². The highest BCUT2D eigenvalue weighted by Crippen LogP contribution is 2.10. The molecule has 0 aliphatic heterocycles. The topological polar surface area (TPSA) is 69.6 Å². The zero-order chi connectivity index (χ0) is 18.9. The van der Waals surface area contributed by atoms with Crippen LogP contribution < -0.4 is 10.6 Å². The van der Waals surface area contributed by atoms with Crippen LogP contribution in [-0.2, 0) is 13.1 Å². The Hall–Kier alpha value is -1.68. The summed E-state index contributed by atoms with van der Waals surface area (Å²) < 4.78 is 0. The van der Waals surface area contributed by atoms with Crippen LogP contribution in [0.2, 0.25) is 0 Å². The van der Waals surface area contributed by atoms with Crippen molar-refractivity contribution in [1.29, 1.82) is 0 Å². The van der Waals surface area contributed by atoms with Gasteiger partial charge in [0.05, 0.1) is 17.2 Å². The minimum absolute atomic E-state index is 0. The van der Waals surface area contributed by atoms with Crippen LogP contribution in [0.15, 0.2) is 34.6 Å². The van der Waals surface area contributed by atoms with Gasteiger partial charge in [-0.3, -0.25) is 9.79 Å². The van der Waals surface area contributed by atoms with E-state index in [1.54, 1.807) is 18.4 Å². The first-order chi connectivity index (χ1) is 12.5. The Morgan fingerprint density at radius 3 is 2.74 bits per heavy atom. The smallest absolute Gasteiger partial charge is 0.251 e. The summed E-state index contributed by atoms with van der Waals surface area (Å²) in [7, 11) is 3.75. The maximum Gasteiger partial charge on any atom is 0.251 e. The Labute approximate surface area is 182 Å². The van der Waals surface area contributed by atoms with E-state index in [-0.39, 0.29) is 29.9 Å². The predicted octanol–water partition coefficient (Wildman–Crippen LogP) is 3.42. The molecule has 27 heavy (non-hydrogen) atoms. The van der Waals surface area contributed by atoms with Gasteiger partial charge in [0.2, 0.25) is 0 Å². The molecule has 0 fully saturated rings. The number of aryl methyl sites for hydroxylation is 1. The summed E-state index contributed by atoms with van der Waals surface area (Å²) in [5, 5.41) is 9.38. The summed E-state index contributed by atoms with van der Waals surface area (Å²) in [6.45, 7) is 6.03. The van der Waals surface area contributed by atoms with Crippen molar-refractivity contribution in [1.82, 2.24) is 20.5 Å². The summed E-state index contributed by atoms with van der Waals surface area (Å²) in [5.41, 5.74) is 2.75. The van der Waals surface area contributed by atoms with E-state index in [0.29, 0.717) is 25.2 Å². The number of amides is 1. The number of carbonyl (C=O) groups is 1. The average molecular weight is 501 g/mol. The Balaban J connectivity index is 0.00000364. The average Bonchev–Trinajstić information content (AvgIpc) is 3.05. The van der Waals surface area contributed by atoms with E-state index in [1.807, 2.05) is 50.1 Å². The van der Waals surface area contributed by atoms with Crippen LogP contribution in [0.1, 0.15) is 40.0 Å². The van der Waals surface area contributed by atoms with E-state index in [1.165, 1.54) is 0 Å². The Morgan fingerprint density at radius 1 is 1.33 bits per heavy atom. The first-order valence-electron chi connectivity index (χ1n) is 8.73. The number of hydrogen-bond donors (Lipinski definition) is 2. The third kappa shape index (κ3) is 7.45. The van der Waals surface area contributed by atoms with Crippen LogP contribution in [0.4, 0.5) is 0 Å². The van der Waals surface area contributed by atoms with E-state index in [4.69, 9.17) is 0 Å². The Morgan fingerprint density at radius 2 is 2.11 bits per heavy atom. The van der Waals surface area contributed by atoms with Crippen LogP contribution in [0.5, 0.6) is 0 Å². The van der Waals surface area contributed by atoms with Gasteiger partial charge in [0, 0.05) is 38.1 Å². The summed E-state index contributed by atoms with van der Waals surface area (Å²) in [6.07, 6.45) is 0.925. The first kappa shape index (κ1) is 23.4. The van der Waals surface area contributed by atoms with Crippen LogP contribution in [-0.4, -0.2) is 42.4 Å². The normalized spacial score (nSPS) is 10.9. The number of nitrogens with one attached hydrogen (secondary N) is 2. The Kier molecular flexibility index (Phi) is 10.3. The summed E-state index contributed by atoms with van der Waals surface area (Å²) >= 11 is 1.65. The number of nitrogens with zero attached hydrogens (tertiary/aromatic N) is 3. The molecule has 2 aromatic rings. The largest absolute Gasteiger partial charge is 0.352 e. The maximum atomic E-state index is 12.1. The van der Waals surface area contributed by atoms with Crippen LogP contribution in [0.3, 0.4) is 0 Å². The summed E-state index contributed by atoms with van der Waals surface area (Å²) in [4.78, 5) is 23.0. The summed E-state index contributed by atoms with van der Waals surface area (Å²) in [5.74, 6) is 0.755. The lowest BCUT2D eigenvalue weighted by atomic mass is 10.1. The zero-order valence-electron chi connectivity index (χ0n) is 16.3. The van der Waals surface area contributed by atoms with Crippen LogP contribution >= 0.6 is 35.3 Å².